The Balaban J connectivity index is 1.31. The number of hydrazone groups is 1. The fourth-order valence-corrected chi connectivity index (χ4v) is 4.62. The van der Waals surface area contributed by atoms with E-state index < -0.39 is 0 Å². The summed E-state index contributed by atoms with van der Waals surface area (Å²) in [6, 6.07) is 15.5. The average Bonchev–Trinajstić information content (AvgIpc) is 2.94. The van der Waals surface area contributed by atoms with Gasteiger partial charge in [-0.05, 0) is 68.4 Å². The van der Waals surface area contributed by atoms with Gasteiger partial charge in [0, 0.05) is 36.8 Å². The van der Waals surface area contributed by atoms with Gasteiger partial charge in [-0.25, -0.2) is 5.43 Å². The van der Waals surface area contributed by atoms with Crippen LogP contribution in [0.3, 0.4) is 0 Å². The van der Waals surface area contributed by atoms with Crippen LogP contribution in [0.4, 0.5) is 17.8 Å². The minimum absolute atomic E-state index is 0.446. The zero-order chi connectivity index (χ0) is 24.6. The van der Waals surface area contributed by atoms with E-state index in [9.17, 15) is 0 Å². The predicted molar refractivity (Wildman–Crippen MR) is 145 cm³/mol. The standard InChI is InChI=1S/C27H32ClN7O/c28-23-13-11-21(12-14-23)20-36-24-10-4-3-9-22(24)19-29-33-25-30-26(34-15-5-1-6-16-34)32-27(31-25)35-17-7-2-8-18-35/h3-4,9-14,19H,1-2,5-8,15-18,20H2,(H,30,31,32,33)/b29-19-. The summed E-state index contributed by atoms with van der Waals surface area (Å²) in [5, 5.41) is 5.16. The van der Waals surface area contributed by atoms with E-state index >= 15 is 0 Å². The van der Waals surface area contributed by atoms with Gasteiger partial charge in [-0.2, -0.15) is 20.1 Å². The Kier molecular flexibility index (Phi) is 8.13. The second kappa shape index (κ2) is 12.0. The second-order valence-electron chi connectivity index (χ2n) is 9.18. The molecule has 2 fully saturated rings. The first kappa shape index (κ1) is 24.3. The molecule has 2 aliphatic heterocycles. The van der Waals surface area contributed by atoms with Crippen molar-refractivity contribution in [1.29, 1.82) is 0 Å². The summed E-state index contributed by atoms with van der Waals surface area (Å²) >= 11 is 5.98. The Morgan fingerprint density at radius 3 is 2.06 bits per heavy atom. The molecule has 9 heteroatoms. The highest BCUT2D eigenvalue weighted by Crippen LogP contribution is 2.23. The third kappa shape index (κ3) is 6.43. The van der Waals surface area contributed by atoms with Crippen molar-refractivity contribution in [3.05, 3.63) is 64.7 Å². The van der Waals surface area contributed by atoms with E-state index in [1.165, 1.54) is 38.5 Å². The van der Waals surface area contributed by atoms with Crippen molar-refractivity contribution in [2.24, 2.45) is 5.10 Å². The van der Waals surface area contributed by atoms with Crippen molar-refractivity contribution < 1.29 is 4.74 Å². The van der Waals surface area contributed by atoms with Crippen LogP contribution in [0.2, 0.25) is 5.02 Å². The molecule has 8 nitrogen and oxygen atoms in total. The number of ether oxygens (including phenoxy) is 1. The molecule has 0 bridgehead atoms. The smallest absolute Gasteiger partial charge is 0.250 e. The minimum Gasteiger partial charge on any atom is -0.488 e. The lowest BCUT2D eigenvalue weighted by molar-refractivity contribution is 0.306. The van der Waals surface area contributed by atoms with Crippen molar-refractivity contribution in [3.63, 3.8) is 0 Å². The number of para-hydroxylation sites is 1. The molecular weight excluding hydrogens is 474 g/mol. The van der Waals surface area contributed by atoms with E-state index in [2.05, 4.69) is 20.3 Å². The van der Waals surface area contributed by atoms with Gasteiger partial charge in [-0.3, -0.25) is 0 Å². The third-order valence-electron chi connectivity index (χ3n) is 6.48. The zero-order valence-electron chi connectivity index (χ0n) is 20.4. The molecule has 1 aromatic heterocycles. The van der Waals surface area contributed by atoms with Crippen LogP contribution in [0.15, 0.2) is 53.6 Å². The fourth-order valence-electron chi connectivity index (χ4n) is 4.49. The SMILES string of the molecule is Clc1ccc(COc2ccccc2/C=N\Nc2nc(N3CCCCC3)nc(N3CCCCC3)n2)cc1. The minimum atomic E-state index is 0.446. The first-order valence-electron chi connectivity index (χ1n) is 12.8. The molecule has 2 saturated heterocycles. The maximum Gasteiger partial charge on any atom is 0.250 e. The molecule has 0 radical (unpaired) electrons. The van der Waals surface area contributed by atoms with Crippen LogP contribution in [0, 0.1) is 0 Å². The van der Waals surface area contributed by atoms with Gasteiger partial charge in [-0.1, -0.05) is 35.9 Å². The maximum atomic E-state index is 6.05. The van der Waals surface area contributed by atoms with Crippen LogP contribution in [-0.2, 0) is 6.61 Å². The number of hydrogen-bond donors (Lipinski definition) is 1. The molecular formula is C27H32ClN7O. The molecule has 5 rings (SSSR count). The number of nitrogens with zero attached hydrogens (tertiary/aromatic N) is 6. The Morgan fingerprint density at radius 2 is 1.42 bits per heavy atom. The van der Waals surface area contributed by atoms with Gasteiger partial charge in [0.1, 0.15) is 12.4 Å². The van der Waals surface area contributed by atoms with Gasteiger partial charge >= 0.3 is 0 Å². The summed E-state index contributed by atoms with van der Waals surface area (Å²) in [4.78, 5) is 18.7. The van der Waals surface area contributed by atoms with Gasteiger partial charge in [0.25, 0.3) is 0 Å². The molecule has 1 N–H and O–H groups in total. The molecule has 36 heavy (non-hydrogen) atoms. The number of aromatic nitrogens is 3. The van der Waals surface area contributed by atoms with Gasteiger partial charge in [0.2, 0.25) is 17.8 Å². The Hall–Kier alpha value is -3.39. The van der Waals surface area contributed by atoms with Crippen LogP contribution >= 0.6 is 11.6 Å². The van der Waals surface area contributed by atoms with E-state index in [0.29, 0.717) is 17.6 Å². The van der Waals surface area contributed by atoms with Crippen molar-refractivity contribution in [3.8, 4) is 5.75 Å². The summed E-state index contributed by atoms with van der Waals surface area (Å²) in [5.41, 5.74) is 4.95. The molecule has 2 aliphatic rings. The third-order valence-corrected chi connectivity index (χ3v) is 6.74. The summed E-state index contributed by atoms with van der Waals surface area (Å²) in [6.45, 7) is 4.35. The van der Waals surface area contributed by atoms with Gasteiger partial charge in [-0.15, -0.1) is 0 Å². The monoisotopic (exact) mass is 505 g/mol. The quantitative estimate of drug-likeness (QED) is 0.318. The molecule has 3 aromatic rings. The topological polar surface area (TPSA) is 78.8 Å². The first-order chi connectivity index (χ1) is 17.7. The van der Waals surface area contributed by atoms with Gasteiger partial charge < -0.3 is 14.5 Å². The Bertz CT molecular complexity index is 1120. The summed E-state index contributed by atoms with van der Waals surface area (Å²) in [5.74, 6) is 2.67. The van der Waals surface area contributed by atoms with E-state index in [4.69, 9.17) is 31.3 Å². The van der Waals surface area contributed by atoms with E-state index in [1.54, 1.807) is 6.21 Å². The molecule has 188 valence electrons. The summed E-state index contributed by atoms with van der Waals surface area (Å²) in [7, 11) is 0. The molecule has 0 aliphatic carbocycles. The second-order valence-corrected chi connectivity index (χ2v) is 9.61. The van der Waals surface area contributed by atoms with Crippen LogP contribution in [0.25, 0.3) is 0 Å². The van der Waals surface area contributed by atoms with Crippen molar-refractivity contribution in [2.75, 3.05) is 41.4 Å². The van der Waals surface area contributed by atoms with E-state index in [0.717, 1.165) is 55.0 Å². The lowest BCUT2D eigenvalue weighted by Gasteiger charge is -2.30. The number of halogens is 1. The van der Waals surface area contributed by atoms with Crippen LogP contribution in [0.1, 0.15) is 49.7 Å². The number of rotatable bonds is 8. The molecule has 0 saturated carbocycles. The molecule has 0 amide bonds. The zero-order valence-corrected chi connectivity index (χ0v) is 21.2. The lowest BCUT2D eigenvalue weighted by Crippen LogP contribution is -2.34. The maximum absolute atomic E-state index is 6.05. The number of hydrogen-bond acceptors (Lipinski definition) is 8. The number of nitrogens with one attached hydrogen (secondary N) is 1. The molecule has 2 aromatic carbocycles. The highest BCUT2D eigenvalue weighted by Gasteiger charge is 2.20. The average molecular weight is 506 g/mol. The summed E-state index contributed by atoms with van der Waals surface area (Å²) < 4.78 is 6.05. The van der Waals surface area contributed by atoms with Crippen molar-refractivity contribution in [2.45, 2.75) is 45.1 Å². The highest BCUT2D eigenvalue weighted by molar-refractivity contribution is 6.30. The van der Waals surface area contributed by atoms with Crippen LogP contribution in [-0.4, -0.2) is 47.3 Å². The Labute approximate surface area is 217 Å². The van der Waals surface area contributed by atoms with Crippen LogP contribution in [0.5, 0.6) is 5.75 Å². The number of anilines is 3. The molecule has 0 spiro atoms. The fraction of sp³-hybridized carbons (Fsp3) is 0.407. The Morgan fingerprint density at radius 1 is 0.806 bits per heavy atom. The van der Waals surface area contributed by atoms with Crippen LogP contribution < -0.4 is 20.0 Å². The molecule has 0 unspecified atom stereocenters. The van der Waals surface area contributed by atoms with Gasteiger partial charge in [0.05, 0.1) is 6.21 Å². The first-order valence-corrected chi connectivity index (χ1v) is 13.1. The van der Waals surface area contributed by atoms with Crippen molar-refractivity contribution >= 4 is 35.7 Å². The van der Waals surface area contributed by atoms with E-state index in [1.807, 2.05) is 48.5 Å². The molecule has 0 atom stereocenters. The number of piperidine rings is 2. The largest absolute Gasteiger partial charge is 0.488 e. The highest BCUT2D eigenvalue weighted by atomic mass is 35.5. The molecule has 3 heterocycles. The van der Waals surface area contributed by atoms with Gasteiger partial charge in [0.15, 0.2) is 0 Å². The number of benzene rings is 2. The summed E-state index contributed by atoms with van der Waals surface area (Å²) in [6.07, 6.45) is 8.92. The van der Waals surface area contributed by atoms with Crippen molar-refractivity contribution in [1.82, 2.24) is 15.0 Å². The lowest BCUT2D eigenvalue weighted by atomic mass is 10.1. The van der Waals surface area contributed by atoms with E-state index in [-0.39, 0.29) is 0 Å². The normalized spacial score (nSPS) is 16.4. The predicted octanol–water partition coefficient (Wildman–Crippen LogP) is 5.53.